The molecule has 7 heteroatoms. The number of hydrogen-bond acceptors (Lipinski definition) is 3. The highest BCUT2D eigenvalue weighted by atomic mass is 19.4. The summed E-state index contributed by atoms with van der Waals surface area (Å²) in [7, 11) is 0. The van der Waals surface area contributed by atoms with Crippen molar-refractivity contribution < 1.29 is 22.7 Å². The molecule has 1 aliphatic carbocycles. The third-order valence-corrected chi connectivity index (χ3v) is 8.64. The fourth-order valence-corrected chi connectivity index (χ4v) is 6.31. The topological polar surface area (TPSA) is 41.6 Å². The summed E-state index contributed by atoms with van der Waals surface area (Å²) in [6, 6.07) is 6.48. The SMILES string of the molecule is CC1COCCC1N[C@@H]1CC[C@@](C(=O)N2CCC(c3cccc(C(F)(F)F)c3)CC2)(C(C)C)C1. The third-order valence-electron chi connectivity index (χ3n) is 8.64. The molecule has 4 nitrogen and oxygen atoms in total. The number of halogens is 3. The van der Waals surface area contributed by atoms with Crippen LogP contribution in [0.15, 0.2) is 24.3 Å². The zero-order chi connectivity index (χ0) is 24.5. The zero-order valence-corrected chi connectivity index (χ0v) is 20.7. The fourth-order valence-electron chi connectivity index (χ4n) is 6.31. The number of hydrogen-bond donors (Lipinski definition) is 1. The summed E-state index contributed by atoms with van der Waals surface area (Å²) in [4.78, 5) is 15.8. The van der Waals surface area contributed by atoms with E-state index in [1.54, 1.807) is 6.07 Å². The Kier molecular flexibility index (Phi) is 7.63. The predicted molar refractivity (Wildman–Crippen MR) is 126 cm³/mol. The summed E-state index contributed by atoms with van der Waals surface area (Å²) < 4.78 is 45.0. The molecule has 4 rings (SSSR count). The van der Waals surface area contributed by atoms with Crippen molar-refractivity contribution in [1.29, 1.82) is 0 Å². The van der Waals surface area contributed by atoms with Crippen LogP contribution in [0.3, 0.4) is 0 Å². The van der Waals surface area contributed by atoms with Gasteiger partial charge in [0.25, 0.3) is 0 Å². The fraction of sp³-hybridized carbons (Fsp3) is 0.741. The van der Waals surface area contributed by atoms with Gasteiger partial charge in [0, 0.05) is 31.8 Å². The zero-order valence-electron chi connectivity index (χ0n) is 20.7. The van der Waals surface area contributed by atoms with E-state index in [0.717, 1.165) is 50.5 Å². The summed E-state index contributed by atoms with van der Waals surface area (Å²) in [5, 5.41) is 3.84. The molecule has 4 atom stereocenters. The van der Waals surface area contributed by atoms with Crippen LogP contribution in [-0.2, 0) is 15.7 Å². The number of nitrogens with one attached hydrogen (secondary N) is 1. The largest absolute Gasteiger partial charge is 0.416 e. The Morgan fingerprint density at radius 3 is 2.56 bits per heavy atom. The van der Waals surface area contributed by atoms with Gasteiger partial charge in [0.1, 0.15) is 0 Å². The standard InChI is InChI=1S/C27H39F3N2O2/c1-18(2)26(11-7-23(16-26)31-24-10-14-34-17-19(24)3)25(33)32-12-8-20(9-13-32)21-5-4-6-22(15-21)27(28,29)30/h4-6,15,18-20,23-24,31H,7-14,16-17H2,1-3H3/t19?,23-,24?,26+/m1/s1. The lowest BCUT2D eigenvalue weighted by atomic mass is 9.73. The molecule has 0 spiro atoms. The van der Waals surface area contributed by atoms with Crippen LogP contribution < -0.4 is 5.32 Å². The molecule has 2 saturated heterocycles. The van der Waals surface area contributed by atoms with Crippen molar-refractivity contribution in [2.75, 3.05) is 26.3 Å². The maximum atomic E-state index is 13.8. The number of benzene rings is 1. The van der Waals surface area contributed by atoms with E-state index in [-0.39, 0.29) is 23.2 Å². The average molecular weight is 481 g/mol. The molecular weight excluding hydrogens is 441 g/mol. The van der Waals surface area contributed by atoms with E-state index < -0.39 is 11.7 Å². The molecule has 2 aliphatic heterocycles. The lowest BCUT2D eigenvalue weighted by Gasteiger charge is -2.41. The van der Waals surface area contributed by atoms with Crippen molar-refractivity contribution in [1.82, 2.24) is 10.2 Å². The van der Waals surface area contributed by atoms with Crippen LogP contribution in [-0.4, -0.2) is 49.2 Å². The first-order valence-electron chi connectivity index (χ1n) is 12.9. The lowest BCUT2D eigenvalue weighted by molar-refractivity contribution is -0.146. The summed E-state index contributed by atoms with van der Waals surface area (Å²) >= 11 is 0. The van der Waals surface area contributed by atoms with Crippen molar-refractivity contribution in [2.45, 2.75) is 83.5 Å². The summed E-state index contributed by atoms with van der Waals surface area (Å²) in [6.45, 7) is 9.36. The highest BCUT2D eigenvalue weighted by molar-refractivity contribution is 5.83. The molecule has 1 saturated carbocycles. The van der Waals surface area contributed by atoms with Gasteiger partial charge in [-0.25, -0.2) is 0 Å². The number of rotatable bonds is 5. The van der Waals surface area contributed by atoms with Gasteiger partial charge in [-0.2, -0.15) is 13.2 Å². The first-order chi connectivity index (χ1) is 16.1. The van der Waals surface area contributed by atoms with Crippen LogP contribution in [0.4, 0.5) is 13.2 Å². The second kappa shape index (κ2) is 10.2. The smallest absolute Gasteiger partial charge is 0.381 e. The first-order valence-corrected chi connectivity index (χ1v) is 12.9. The number of carbonyl (C=O) groups is 1. The summed E-state index contributed by atoms with van der Waals surface area (Å²) in [6.07, 6.45) is 0.877. The van der Waals surface area contributed by atoms with E-state index >= 15 is 0 Å². The van der Waals surface area contributed by atoms with E-state index in [4.69, 9.17) is 4.74 Å². The second-order valence-corrected chi connectivity index (χ2v) is 11.1. The maximum absolute atomic E-state index is 13.8. The van der Waals surface area contributed by atoms with E-state index in [1.165, 1.54) is 12.1 Å². The van der Waals surface area contributed by atoms with Crippen LogP contribution in [0.25, 0.3) is 0 Å². The maximum Gasteiger partial charge on any atom is 0.416 e. The number of likely N-dealkylation sites (tertiary alicyclic amines) is 1. The number of ether oxygens (including phenoxy) is 1. The van der Waals surface area contributed by atoms with Crippen molar-refractivity contribution in [3.8, 4) is 0 Å². The van der Waals surface area contributed by atoms with Crippen molar-refractivity contribution in [2.24, 2.45) is 17.3 Å². The van der Waals surface area contributed by atoms with E-state index in [0.29, 0.717) is 43.9 Å². The number of piperidine rings is 1. The molecule has 190 valence electrons. The minimum atomic E-state index is -4.33. The number of nitrogens with zero attached hydrogens (tertiary/aromatic N) is 1. The molecule has 0 bridgehead atoms. The highest BCUT2D eigenvalue weighted by Crippen LogP contribution is 2.47. The molecule has 0 aromatic heterocycles. The highest BCUT2D eigenvalue weighted by Gasteiger charge is 2.50. The molecule has 1 N–H and O–H groups in total. The van der Waals surface area contributed by atoms with Gasteiger partial charge in [0.15, 0.2) is 0 Å². The van der Waals surface area contributed by atoms with Crippen LogP contribution in [0.5, 0.6) is 0 Å². The van der Waals surface area contributed by atoms with Gasteiger partial charge in [-0.3, -0.25) is 4.79 Å². The van der Waals surface area contributed by atoms with Crippen LogP contribution >= 0.6 is 0 Å². The van der Waals surface area contributed by atoms with E-state index in [9.17, 15) is 18.0 Å². The molecule has 2 heterocycles. The quantitative estimate of drug-likeness (QED) is 0.595. The molecule has 3 aliphatic rings. The van der Waals surface area contributed by atoms with E-state index in [2.05, 4.69) is 26.1 Å². The van der Waals surface area contributed by atoms with Gasteiger partial charge >= 0.3 is 6.18 Å². The van der Waals surface area contributed by atoms with Gasteiger partial charge in [-0.1, -0.05) is 39.0 Å². The summed E-state index contributed by atoms with van der Waals surface area (Å²) in [5.74, 6) is 1.04. The van der Waals surface area contributed by atoms with Gasteiger partial charge in [-0.15, -0.1) is 0 Å². The van der Waals surface area contributed by atoms with Gasteiger partial charge in [0.05, 0.1) is 17.6 Å². The molecule has 34 heavy (non-hydrogen) atoms. The first kappa shape index (κ1) is 25.5. The normalized spacial score (nSPS) is 31.3. The molecule has 1 amide bonds. The minimum absolute atomic E-state index is 0.0642. The molecule has 3 fully saturated rings. The molecule has 2 unspecified atom stereocenters. The van der Waals surface area contributed by atoms with Gasteiger partial charge in [-0.05, 0) is 67.9 Å². The lowest BCUT2D eigenvalue weighted by Crippen LogP contribution is -2.50. The minimum Gasteiger partial charge on any atom is -0.381 e. The second-order valence-electron chi connectivity index (χ2n) is 11.1. The van der Waals surface area contributed by atoms with E-state index in [1.807, 2.05) is 4.90 Å². The third kappa shape index (κ3) is 5.30. The summed E-state index contributed by atoms with van der Waals surface area (Å²) in [5.41, 5.74) is -0.212. The predicted octanol–water partition coefficient (Wildman–Crippen LogP) is 5.62. The molecule has 1 aromatic carbocycles. The Morgan fingerprint density at radius 2 is 1.91 bits per heavy atom. The van der Waals surface area contributed by atoms with Crippen LogP contribution in [0, 0.1) is 17.3 Å². The van der Waals surface area contributed by atoms with Crippen molar-refractivity contribution >= 4 is 5.91 Å². The Bertz CT molecular complexity index is 851. The monoisotopic (exact) mass is 480 g/mol. The number of amides is 1. The van der Waals surface area contributed by atoms with Crippen molar-refractivity contribution in [3.63, 3.8) is 0 Å². The van der Waals surface area contributed by atoms with Gasteiger partial charge < -0.3 is 15.0 Å². The Labute approximate surface area is 201 Å². The Hall–Kier alpha value is -1.60. The number of carbonyl (C=O) groups excluding carboxylic acids is 1. The average Bonchev–Trinajstić information content (AvgIpc) is 3.25. The molecule has 1 aromatic rings. The Morgan fingerprint density at radius 1 is 1.18 bits per heavy atom. The molecule has 0 radical (unpaired) electrons. The Balaban J connectivity index is 1.38. The number of alkyl halides is 3. The van der Waals surface area contributed by atoms with Crippen LogP contribution in [0.2, 0.25) is 0 Å². The van der Waals surface area contributed by atoms with Gasteiger partial charge in [0.2, 0.25) is 5.91 Å². The van der Waals surface area contributed by atoms with Crippen molar-refractivity contribution in [3.05, 3.63) is 35.4 Å². The molecular formula is C27H39F3N2O2. The van der Waals surface area contributed by atoms with Crippen LogP contribution in [0.1, 0.15) is 76.3 Å².